The Labute approximate surface area is 124 Å². The van der Waals surface area contributed by atoms with Crippen LogP contribution in [0, 0.1) is 0 Å². The number of hydrogen-bond donors (Lipinski definition) is 1. The van der Waals surface area contributed by atoms with Crippen molar-refractivity contribution in [2.75, 3.05) is 20.1 Å². The van der Waals surface area contributed by atoms with Gasteiger partial charge in [-0.1, -0.05) is 27.5 Å². The van der Waals surface area contributed by atoms with Gasteiger partial charge in [-0.15, -0.1) is 0 Å². The topological polar surface area (TPSA) is 15.3 Å². The van der Waals surface area contributed by atoms with Gasteiger partial charge in [0.2, 0.25) is 0 Å². The second kappa shape index (κ2) is 6.90. The molecule has 0 saturated heterocycles. The molecule has 0 aliphatic rings. The highest BCUT2D eigenvalue weighted by Gasteiger charge is 2.09. The molecule has 0 aliphatic carbocycles. The van der Waals surface area contributed by atoms with E-state index >= 15 is 0 Å². The molecule has 0 unspecified atom stereocenters. The highest BCUT2D eigenvalue weighted by Crippen LogP contribution is 2.21. The predicted molar refractivity (Wildman–Crippen MR) is 83.2 cm³/mol. The van der Waals surface area contributed by atoms with Gasteiger partial charge in [0.25, 0.3) is 0 Å². The molecule has 102 valence electrons. The molecule has 0 bridgehead atoms. The summed E-state index contributed by atoms with van der Waals surface area (Å²) in [6.45, 7) is 9.38. The molecule has 1 N–H and O–H groups in total. The molecule has 1 rings (SSSR count). The lowest BCUT2D eigenvalue weighted by molar-refractivity contribution is 0.303. The number of halogens is 2. The second-order valence-electron chi connectivity index (χ2n) is 5.65. The first-order valence-corrected chi connectivity index (χ1v) is 7.32. The van der Waals surface area contributed by atoms with Gasteiger partial charge in [-0.25, -0.2) is 0 Å². The van der Waals surface area contributed by atoms with Crippen molar-refractivity contribution in [3.63, 3.8) is 0 Å². The first-order chi connectivity index (χ1) is 8.28. The fraction of sp³-hybridized carbons (Fsp3) is 0.571. The Kier molecular flexibility index (Phi) is 6.12. The van der Waals surface area contributed by atoms with Crippen molar-refractivity contribution in [3.05, 3.63) is 33.3 Å². The number of nitrogens with zero attached hydrogens (tertiary/aromatic N) is 1. The van der Waals surface area contributed by atoms with Crippen LogP contribution in [-0.4, -0.2) is 30.6 Å². The molecule has 0 aromatic heterocycles. The molecule has 2 nitrogen and oxygen atoms in total. The number of rotatable bonds is 5. The van der Waals surface area contributed by atoms with E-state index in [1.807, 2.05) is 12.1 Å². The third-order valence-corrected chi connectivity index (χ3v) is 3.46. The van der Waals surface area contributed by atoms with Crippen molar-refractivity contribution in [2.45, 2.75) is 32.9 Å². The minimum absolute atomic E-state index is 0.175. The summed E-state index contributed by atoms with van der Waals surface area (Å²) in [7, 11) is 2.11. The standard InChI is InChI=1S/C14H22BrClN2/c1-14(2,3)17-7-8-18(4)10-11-9-12(15)5-6-13(11)16/h5-6,9,17H,7-8,10H2,1-4H3. The number of likely N-dealkylation sites (N-methyl/N-ethyl adjacent to an activating group) is 1. The van der Waals surface area contributed by atoms with Crippen LogP contribution in [0.3, 0.4) is 0 Å². The molecule has 0 spiro atoms. The lowest BCUT2D eigenvalue weighted by Crippen LogP contribution is -2.40. The molecule has 0 fully saturated rings. The minimum Gasteiger partial charge on any atom is -0.311 e. The Morgan fingerprint density at radius 2 is 2.00 bits per heavy atom. The van der Waals surface area contributed by atoms with Crippen LogP contribution in [0.5, 0.6) is 0 Å². The highest BCUT2D eigenvalue weighted by atomic mass is 79.9. The van der Waals surface area contributed by atoms with Gasteiger partial charge >= 0.3 is 0 Å². The third-order valence-electron chi connectivity index (χ3n) is 2.60. The van der Waals surface area contributed by atoms with Gasteiger partial charge in [0.05, 0.1) is 0 Å². The van der Waals surface area contributed by atoms with Crippen LogP contribution < -0.4 is 5.32 Å². The van der Waals surface area contributed by atoms with Crippen molar-refractivity contribution >= 4 is 27.5 Å². The van der Waals surface area contributed by atoms with Crippen LogP contribution in [0.4, 0.5) is 0 Å². The van der Waals surface area contributed by atoms with E-state index in [2.05, 4.69) is 60.0 Å². The number of nitrogens with one attached hydrogen (secondary N) is 1. The third kappa shape index (κ3) is 6.19. The zero-order valence-corrected chi connectivity index (χ0v) is 13.9. The van der Waals surface area contributed by atoms with Crippen molar-refractivity contribution in [1.29, 1.82) is 0 Å². The summed E-state index contributed by atoms with van der Waals surface area (Å²) in [5, 5.41) is 4.31. The summed E-state index contributed by atoms with van der Waals surface area (Å²) in [6, 6.07) is 5.98. The van der Waals surface area contributed by atoms with E-state index in [-0.39, 0.29) is 5.54 Å². The zero-order chi connectivity index (χ0) is 13.8. The normalized spacial score (nSPS) is 12.2. The van der Waals surface area contributed by atoms with Gasteiger partial charge in [0.1, 0.15) is 0 Å². The number of benzene rings is 1. The summed E-state index contributed by atoms with van der Waals surface area (Å²) in [5.74, 6) is 0. The first-order valence-electron chi connectivity index (χ1n) is 6.15. The Bertz CT molecular complexity index is 388. The molecule has 0 aliphatic heterocycles. The maximum absolute atomic E-state index is 6.18. The molecule has 18 heavy (non-hydrogen) atoms. The van der Waals surface area contributed by atoms with Crippen molar-refractivity contribution in [2.24, 2.45) is 0 Å². The lowest BCUT2D eigenvalue weighted by atomic mass is 10.1. The van der Waals surface area contributed by atoms with E-state index in [1.54, 1.807) is 0 Å². The zero-order valence-electron chi connectivity index (χ0n) is 11.6. The van der Waals surface area contributed by atoms with Crippen LogP contribution in [0.1, 0.15) is 26.3 Å². The Hall–Kier alpha value is -0.0900. The maximum atomic E-state index is 6.18. The molecule has 0 saturated carbocycles. The second-order valence-corrected chi connectivity index (χ2v) is 6.97. The summed E-state index contributed by atoms with van der Waals surface area (Å²) in [5.41, 5.74) is 1.33. The monoisotopic (exact) mass is 332 g/mol. The molecule has 1 aromatic carbocycles. The van der Waals surface area contributed by atoms with Crippen molar-refractivity contribution < 1.29 is 0 Å². The first kappa shape index (κ1) is 16.0. The molecule has 0 radical (unpaired) electrons. The molecule has 1 aromatic rings. The van der Waals surface area contributed by atoms with E-state index in [0.29, 0.717) is 0 Å². The van der Waals surface area contributed by atoms with Gasteiger partial charge < -0.3 is 10.2 Å². The lowest BCUT2D eigenvalue weighted by Gasteiger charge is -2.23. The van der Waals surface area contributed by atoms with Gasteiger partial charge in [-0.2, -0.15) is 0 Å². The van der Waals surface area contributed by atoms with E-state index in [1.165, 1.54) is 0 Å². The number of hydrogen-bond acceptors (Lipinski definition) is 2. The van der Waals surface area contributed by atoms with Crippen LogP contribution >= 0.6 is 27.5 Å². The van der Waals surface area contributed by atoms with Crippen molar-refractivity contribution in [3.8, 4) is 0 Å². The van der Waals surface area contributed by atoms with Crippen LogP contribution in [0.2, 0.25) is 5.02 Å². The Morgan fingerprint density at radius 3 is 2.61 bits per heavy atom. The molecule has 4 heteroatoms. The molecule has 0 atom stereocenters. The fourth-order valence-electron chi connectivity index (χ4n) is 1.66. The van der Waals surface area contributed by atoms with Gasteiger partial charge in [-0.3, -0.25) is 0 Å². The minimum atomic E-state index is 0.175. The average Bonchev–Trinajstić information content (AvgIpc) is 2.21. The van der Waals surface area contributed by atoms with Gasteiger partial charge in [0.15, 0.2) is 0 Å². The quantitative estimate of drug-likeness (QED) is 0.878. The van der Waals surface area contributed by atoms with Gasteiger partial charge in [0, 0.05) is 34.7 Å². The van der Waals surface area contributed by atoms with E-state index in [4.69, 9.17) is 11.6 Å². The summed E-state index contributed by atoms with van der Waals surface area (Å²) in [6.07, 6.45) is 0. The average molecular weight is 334 g/mol. The summed E-state index contributed by atoms with van der Waals surface area (Å²) < 4.78 is 1.07. The van der Waals surface area contributed by atoms with Crippen molar-refractivity contribution in [1.82, 2.24) is 10.2 Å². The maximum Gasteiger partial charge on any atom is 0.0451 e. The van der Waals surface area contributed by atoms with E-state index < -0.39 is 0 Å². The van der Waals surface area contributed by atoms with Crippen LogP contribution in [-0.2, 0) is 6.54 Å². The SMILES string of the molecule is CN(CCNC(C)(C)C)Cc1cc(Br)ccc1Cl. The largest absolute Gasteiger partial charge is 0.311 e. The van der Waals surface area contributed by atoms with E-state index in [9.17, 15) is 0 Å². The predicted octanol–water partition coefficient (Wildman–Crippen LogP) is 3.92. The smallest absolute Gasteiger partial charge is 0.0451 e. The fourth-order valence-corrected chi connectivity index (χ4v) is 2.24. The summed E-state index contributed by atoms with van der Waals surface area (Å²) in [4.78, 5) is 2.27. The van der Waals surface area contributed by atoms with E-state index in [0.717, 1.165) is 34.7 Å². The van der Waals surface area contributed by atoms with Crippen LogP contribution in [0.25, 0.3) is 0 Å². The highest BCUT2D eigenvalue weighted by molar-refractivity contribution is 9.10. The molecule has 0 heterocycles. The van der Waals surface area contributed by atoms with Crippen LogP contribution in [0.15, 0.2) is 22.7 Å². The van der Waals surface area contributed by atoms with Gasteiger partial charge in [-0.05, 0) is 51.6 Å². The molecular weight excluding hydrogens is 312 g/mol. The molecular formula is C14H22BrClN2. The Morgan fingerprint density at radius 1 is 1.33 bits per heavy atom. The summed E-state index contributed by atoms with van der Waals surface area (Å²) >= 11 is 9.66. The Balaban J connectivity index is 2.44. The molecule has 0 amide bonds.